The SMILES string of the molecule is COc1ccnc(N2CCN(C(=O)C(N)C3CCOCC3)CC2)c1.Cl.Cl. The monoisotopic (exact) mass is 406 g/mol. The zero-order valence-corrected chi connectivity index (χ0v) is 16.6. The molecule has 2 aliphatic rings. The number of halogens is 2. The molecule has 0 saturated carbocycles. The number of anilines is 1. The topological polar surface area (TPSA) is 80.9 Å². The predicted octanol–water partition coefficient (Wildman–Crippen LogP) is 1.34. The Morgan fingerprint density at radius 1 is 1.27 bits per heavy atom. The van der Waals surface area contributed by atoms with E-state index in [1.165, 1.54) is 0 Å². The molecule has 1 amide bonds. The number of carbonyl (C=O) groups excluding carboxylic acids is 1. The van der Waals surface area contributed by atoms with Gasteiger partial charge in [-0.3, -0.25) is 4.79 Å². The number of aromatic nitrogens is 1. The fourth-order valence-corrected chi connectivity index (χ4v) is 3.34. The molecule has 2 saturated heterocycles. The van der Waals surface area contributed by atoms with Crippen LogP contribution in [0.1, 0.15) is 12.8 Å². The number of pyridine rings is 1. The molecule has 1 aromatic heterocycles. The highest BCUT2D eigenvalue weighted by atomic mass is 35.5. The van der Waals surface area contributed by atoms with Gasteiger partial charge in [0.25, 0.3) is 0 Å². The molecule has 1 unspecified atom stereocenters. The first-order valence-corrected chi connectivity index (χ1v) is 8.56. The number of ether oxygens (including phenoxy) is 2. The van der Waals surface area contributed by atoms with Gasteiger partial charge in [0, 0.05) is 51.7 Å². The number of hydrogen-bond acceptors (Lipinski definition) is 6. The van der Waals surface area contributed by atoms with Crippen LogP contribution in [0.2, 0.25) is 0 Å². The van der Waals surface area contributed by atoms with Crippen LogP contribution in [0.4, 0.5) is 5.82 Å². The molecule has 9 heteroatoms. The molecular formula is C17H28Cl2N4O3. The van der Waals surface area contributed by atoms with Crippen molar-refractivity contribution in [3.8, 4) is 5.75 Å². The van der Waals surface area contributed by atoms with E-state index in [0.29, 0.717) is 26.3 Å². The number of nitrogens with zero attached hydrogens (tertiary/aromatic N) is 3. The van der Waals surface area contributed by atoms with E-state index in [1.807, 2.05) is 17.0 Å². The van der Waals surface area contributed by atoms with Crippen LogP contribution in [0, 0.1) is 5.92 Å². The van der Waals surface area contributed by atoms with E-state index in [1.54, 1.807) is 13.3 Å². The van der Waals surface area contributed by atoms with Crippen LogP contribution in [-0.2, 0) is 9.53 Å². The van der Waals surface area contributed by atoms with E-state index in [9.17, 15) is 4.79 Å². The zero-order chi connectivity index (χ0) is 16.9. The van der Waals surface area contributed by atoms with Gasteiger partial charge in [-0.25, -0.2) is 4.98 Å². The van der Waals surface area contributed by atoms with Gasteiger partial charge in [0.2, 0.25) is 5.91 Å². The lowest BCUT2D eigenvalue weighted by Crippen LogP contribution is -2.55. The molecule has 26 heavy (non-hydrogen) atoms. The number of piperazine rings is 1. The van der Waals surface area contributed by atoms with Gasteiger partial charge in [0.15, 0.2) is 0 Å². The summed E-state index contributed by atoms with van der Waals surface area (Å²) in [6.45, 7) is 4.28. The summed E-state index contributed by atoms with van der Waals surface area (Å²) in [5.74, 6) is 1.99. The van der Waals surface area contributed by atoms with Gasteiger partial charge in [0.1, 0.15) is 11.6 Å². The number of carbonyl (C=O) groups is 1. The van der Waals surface area contributed by atoms with Crippen molar-refractivity contribution in [2.24, 2.45) is 11.7 Å². The van der Waals surface area contributed by atoms with Crippen LogP contribution in [0.3, 0.4) is 0 Å². The molecule has 7 nitrogen and oxygen atoms in total. The molecular weight excluding hydrogens is 379 g/mol. The summed E-state index contributed by atoms with van der Waals surface area (Å²) in [7, 11) is 1.65. The zero-order valence-electron chi connectivity index (χ0n) is 15.0. The van der Waals surface area contributed by atoms with Gasteiger partial charge in [-0.05, 0) is 24.8 Å². The second-order valence-corrected chi connectivity index (χ2v) is 6.34. The lowest BCUT2D eigenvalue weighted by molar-refractivity contribution is -0.135. The minimum atomic E-state index is -0.407. The summed E-state index contributed by atoms with van der Waals surface area (Å²) in [6, 6.07) is 3.34. The minimum absolute atomic E-state index is 0. The third-order valence-corrected chi connectivity index (χ3v) is 4.93. The summed E-state index contributed by atoms with van der Waals surface area (Å²) in [5, 5.41) is 0. The quantitative estimate of drug-likeness (QED) is 0.812. The number of methoxy groups -OCH3 is 1. The van der Waals surface area contributed by atoms with E-state index in [4.69, 9.17) is 15.2 Å². The van der Waals surface area contributed by atoms with E-state index in [-0.39, 0.29) is 36.6 Å². The molecule has 0 radical (unpaired) electrons. The average Bonchev–Trinajstić information content (AvgIpc) is 2.67. The third-order valence-electron chi connectivity index (χ3n) is 4.93. The van der Waals surface area contributed by atoms with E-state index in [2.05, 4.69) is 9.88 Å². The van der Waals surface area contributed by atoms with Crippen molar-refractivity contribution < 1.29 is 14.3 Å². The molecule has 0 bridgehead atoms. The maximum Gasteiger partial charge on any atom is 0.239 e. The molecule has 2 N–H and O–H groups in total. The smallest absolute Gasteiger partial charge is 0.239 e. The van der Waals surface area contributed by atoms with Crippen molar-refractivity contribution in [1.29, 1.82) is 0 Å². The van der Waals surface area contributed by atoms with Crippen molar-refractivity contribution in [1.82, 2.24) is 9.88 Å². The summed E-state index contributed by atoms with van der Waals surface area (Å²) >= 11 is 0. The van der Waals surface area contributed by atoms with Crippen LogP contribution in [0.15, 0.2) is 18.3 Å². The van der Waals surface area contributed by atoms with Crippen molar-refractivity contribution in [2.45, 2.75) is 18.9 Å². The number of hydrogen-bond donors (Lipinski definition) is 1. The Balaban J connectivity index is 0.00000169. The van der Waals surface area contributed by atoms with Crippen LogP contribution in [0.25, 0.3) is 0 Å². The van der Waals surface area contributed by atoms with E-state index < -0.39 is 6.04 Å². The van der Waals surface area contributed by atoms with Crippen LogP contribution in [-0.4, -0.2) is 68.3 Å². The van der Waals surface area contributed by atoms with Gasteiger partial charge in [0.05, 0.1) is 13.2 Å². The maximum absolute atomic E-state index is 12.6. The maximum atomic E-state index is 12.6. The van der Waals surface area contributed by atoms with Crippen molar-refractivity contribution in [3.63, 3.8) is 0 Å². The van der Waals surface area contributed by atoms with Crippen LogP contribution < -0.4 is 15.4 Å². The minimum Gasteiger partial charge on any atom is -0.497 e. The second kappa shape index (κ2) is 10.8. The number of rotatable bonds is 4. The largest absolute Gasteiger partial charge is 0.497 e. The lowest BCUT2D eigenvalue weighted by atomic mass is 9.91. The fourth-order valence-electron chi connectivity index (χ4n) is 3.34. The first kappa shape index (κ1) is 22.8. The molecule has 3 rings (SSSR count). The Morgan fingerprint density at radius 3 is 2.54 bits per heavy atom. The number of amides is 1. The molecule has 2 fully saturated rings. The Morgan fingerprint density at radius 2 is 1.92 bits per heavy atom. The Kier molecular flexibility index (Phi) is 9.43. The molecule has 0 aliphatic carbocycles. The van der Waals surface area contributed by atoms with Gasteiger partial charge >= 0.3 is 0 Å². The van der Waals surface area contributed by atoms with Crippen molar-refractivity contribution >= 4 is 36.5 Å². The first-order chi connectivity index (χ1) is 11.7. The first-order valence-electron chi connectivity index (χ1n) is 8.56. The van der Waals surface area contributed by atoms with Crippen molar-refractivity contribution in [3.05, 3.63) is 18.3 Å². The summed E-state index contributed by atoms with van der Waals surface area (Å²) in [5.41, 5.74) is 6.22. The van der Waals surface area contributed by atoms with Gasteiger partial charge in [-0.1, -0.05) is 0 Å². The highest BCUT2D eigenvalue weighted by Gasteiger charge is 2.31. The second-order valence-electron chi connectivity index (χ2n) is 6.34. The molecule has 1 atom stereocenters. The van der Waals surface area contributed by atoms with Crippen LogP contribution >= 0.6 is 24.8 Å². The average molecular weight is 407 g/mol. The molecule has 2 aliphatic heterocycles. The van der Waals surface area contributed by atoms with Gasteiger partial charge < -0.3 is 25.0 Å². The normalized spacial score (nSPS) is 19.2. The summed E-state index contributed by atoms with van der Waals surface area (Å²) < 4.78 is 10.6. The van der Waals surface area contributed by atoms with Crippen molar-refractivity contribution in [2.75, 3.05) is 51.4 Å². The van der Waals surface area contributed by atoms with Gasteiger partial charge in [-0.15, -0.1) is 24.8 Å². The Hall–Kier alpha value is -1.28. The third kappa shape index (κ3) is 5.36. The van der Waals surface area contributed by atoms with Crippen LogP contribution in [0.5, 0.6) is 5.75 Å². The molecule has 0 aromatic carbocycles. The Labute approximate surface area is 167 Å². The molecule has 0 spiro atoms. The standard InChI is InChI=1S/C17H26N4O3.2ClH/c1-23-14-2-5-19-15(12-14)20-6-8-21(9-7-20)17(22)16(18)13-3-10-24-11-4-13;;/h2,5,12-13,16H,3-4,6-11,18H2,1H3;2*1H. The number of nitrogens with two attached hydrogens (primary N) is 1. The molecule has 148 valence electrons. The highest BCUT2D eigenvalue weighted by Crippen LogP contribution is 2.22. The van der Waals surface area contributed by atoms with E-state index in [0.717, 1.165) is 37.5 Å². The summed E-state index contributed by atoms with van der Waals surface area (Å²) in [6.07, 6.45) is 3.49. The lowest BCUT2D eigenvalue weighted by Gasteiger charge is -2.38. The Bertz CT molecular complexity index is 565. The van der Waals surface area contributed by atoms with Gasteiger partial charge in [-0.2, -0.15) is 0 Å². The highest BCUT2D eigenvalue weighted by molar-refractivity contribution is 5.85. The summed E-state index contributed by atoms with van der Waals surface area (Å²) in [4.78, 5) is 21.1. The van der Waals surface area contributed by atoms with E-state index >= 15 is 0 Å². The molecule has 3 heterocycles. The fraction of sp³-hybridized carbons (Fsp3) is 0.647. The molecule has 1 aromatic rings. The predicted molar refractivity (Wildman–Crippen MR) is 106 cm³/mol.